The number of halogens is 4. The Hall–Kier alpha value is -1.26. The molecule has 3 aliphatic heterocycles. The first kappa shape index (κ1) is 21.6. The van der Waals surface area contributed by atoms with E-state index in [9.17, 15) is 13.2 Å². The molecule has 0 aliphatic carbocycles. The first-order valence-electron chi connectivity index (χ1n) is 9.86. The van der Waals surface area contributed by atoms with Crippen LogP contribution in [0, 0.1) is 0 Å². The quantitative estimate of drug-likeness (QED) is 0.407. The van der Waals surface area contributed by atoms with Gasteiger partial charge in [0.25, 0.3) is 0 Å². The fourth-order valence-corrected chi connectivity index (χ4v) is 6.41. The second-order valence-corrected chi connectivity index (χ2v) is 10.7. The largest absolute Gasteiger partial charge is 0.409 e. The molecule has 10 heteroatoms. The van der Waals surface area contributed by atoms with Crippen molar-refractivity contribution in [3.8, 4) is 0 Å². The minimum Gasteiger partial charge on any atom is -0.363 e. The Morgan fingerprint density at radius 2 is 2.06 bits per heavy atom. The highest BCUT2D eigenvalue weighted by molar-refractivity contribution is 7.99. The molecule has 0 bridgehead atoms. The SMILES string of the molecule is CCSN1CC2(C1)OCc1cc(C3=NSC(c4ccc(Cl)nc4)(C(F)(F)F)C3)ccc12. The highest BCUT2D eigenvalue weighted by atomic mass is 35.5. The minimum atomic E-state index is -4.49. The predicted octanol–water partition coefficient (Wildman–Crippen LogP) is 5.74. The van der Waals surface area contributed by atoms with E-state index in [1.165, 1.54) is 18.3 Å². The lowest BCUT2D eigenvalue weighted by molar-refractivity contribution is -0.159. The molecule has 0 saturated carbocycles. The van der Waals surface area contributed by atoms with Crippen LogP contribution < -0.4 is 0 Å². The number of fused-ring (bicyclic) bond motifs is 2. The van der Waals surface area contributed by atoms with Gasteiger partial charge in [0.05, 0.1) is 12.3 Å². The average molecular weight is 486 g/mol. The zero-order chi connectivity index (χ0) is 21.9. The van der Waals surface area contributed by atoms with Crippen molar-refractivity contribution in [3.05, 3.63) is 63.9 Å². The van der Waals surface area contributed by atoms with E-state index in [1.54, 1.807) is 11.9 Å². The number of rotatable bonds is 4. The van der Waals surface area contributed by atoms with Gasteiger partial charge in [0.2, 0.25) is 0 Å². The van der Waals surface area contributed by atoms with E-state index >= 15 is 0 Å². The monoisotopic (exact) mass is 485 g/mol. The first-order chi connectivity index (χ1) is 14.8. The first-order valence-corrected chi connectivity index (χ1v) is 12.0. The van der Waals surface area contributed by atoms with Gasteiger partial charge in [-0.25, -0.2) is 13.7 Å². The van der Waals surface area contributed by atoms with Crippen molar-refractivity contribution in [1.82, 2.24) is 9.29 Å². The van der Waals surface area contributed by atoms with E-state index in [1.807, 2.05) is 18.2 Å². The van der Waals surface area contributed by atoms with Gasteiger partial charge in [0.1, 0.15) is 10.8 Å². The van der Waals surface area contributed by atoms with E-state index in [0.717, 1.165) is 30.0 Å². The molecule has 2 aromatic rings. The Morgan fingerprint density at radius 1 is 1.26 bits per heavy atom. The molecule has 1 atom stereocenters. The summed E-state index contributed by atoms with van der Waals surface area (Å²) in [4.78, 5) is 3.86. The highest BCUT2D eigenvalue weighted by Crippen LogP contribution is 2.56. The van der Waals surface area contributed by atoms with E-state index in [-0.39, 0.29) is 22.7 Å². The van der Waals surface area contributed by atoms with Crippen LogP contribution in [0.15, 0.2) is 40.9 Å². The fourth-order valence-electron chi connectivity index (χ4n) is 4.36. The third kappa shape index (κ3) is 3.49. The average Bonchev–Trinajstić information content (AvgIpc) is 3.31. The van der Waals surface area contributed by atoms with Gasteiger partial charge in [-0.05, 0) is 46.3 Å². The van der Waals surface area contributed by atoms with E-state index in [2.05, 4.69) is 20.6 Å². The standard InChI is InChI=1S/C21H19ClF3N3OS2/c1-2-30-28-11-19(12-28)16-5-3-13(7-14(16)10-29-19)17-8-20(31-27-17,21(23,24)25)15-4-6-18(22)26-9-15/h3-7,9H,2,8,10-12H2,1H3. The Morgan fingerprint density at radius 3 is 2.74 bits per heavy atom. The lowest BCUT2D eigenvalue weighted by atomic mass is 9.85. The van der Waals surface area contributed by atoms with Gasteiger partial charge < -0.3 is 4.74 Å². The third-order valence-electron chi connectivity index (χ3n) is 5.99. The Labute approximate surface area is 191 Å². The summed E-state index contributed by atoms with van der Waals surface area (Å²) >= 11 is 8.12. The number of benzene rings is 1. The predicted molar refractivity (Wildman–Crippen MR) is 118 cm³/mol. The van der Waals surface area contributed by atoms with Crippen molar-refractivity contribution < 1.29 is 17.9 Å². The zero-order valence-electron chi connectivity index (χ0n) is 16.6. The van der Waals surface area contributed by atoms with Crippen molar-refractivity contribution in [1.29, 1.82) is 0 Å². The molecular formula is C21H19ClF3N3OS2. The van der Waals surface area contributed by atoms with Gasteiger partial charge in [-0.3, -0.25) is 0 Å². The summed E-state index contributed by atoms with van der Waals surface area (Å²) in [6.07, 6.45) is -3.55. The molecular weight excluding hydrogens is 467 g/mol. The number of nitrogens with zero attached hydrogens (tertiary/aromatic N) is 3. The van der Waals surface area contributed by atoms with Gasteiger partial charge in [-0.2, -0.15) is 13.2 Å². The Bertz CT molecular complexity index is 1040. The lowest BCUT2D eigenvalue weighted by Crippen LogP contribution is -2.56. The van der Waals surface area contributed by atoms with Crippen LogP contribution in [0.25, 0.3) is 0 Å². The van der Waals surface area contributed by atoms with Crippen LogP contribution in [0.4, 0.5) is 13.2 Å². The molecule has 1 unspecified atom stereocenters. The topological polar surface area (TPSA) is 37.7 Å². The second kappa shape index (κ2) is 7.66. The van der Waals surface area contributed by atoms with Crippen molar-refractivity contribution in [3.63, 3.8) is 0 Å². The van der Waals surface area contributed by atoms with Crippen LogP contribution in [-0.2, 0) is 21.7 Å². The summed E-state index contributed by atoms with van der Waals surface area (Å²) in [5.41, 5.74) is 3.08. The highest BCUT2D eigenvalue weighted by Gasteiger charge is 2.60. The molecule has 0 N–H and O–H groups in total. The molecule has 1 spiro atoms. The summed E-state index contributed by atoms with van der Waals surface area (Å²) in [6, 6.07) is 8.57. The normalized spacial score (nSPS) is 24.9. The molecule has 3 aliphatic rings. The summed E-state index contributed by atoms with van der Waals surface area (Å²) in [7, 11) is 0. The smallest absolute Gasteiger partial charge is 0.363 e. The van der Waals surface area contributed by atoms with Crippen LogP contribution >= 0.6 is 35.5 Å². The van der Waals surface area contributed by atoms with Crippen molar-refractivity contribution in [2.75, 3.05) is 18.8 Å². The van der Waals surface area contributed by atoms with Crippen LogP contribution in [0.1, 0.15) is 35.6 Å². The summed E-state index contributed by atoms with van der Waals surface area (Å²) in [6.45, 7) is 4.25. The van der Waals surface area contributed by atoms with Crippen molar-refractivity contribution in [2.24, 2.45) is 4.40 Å². The van der Waals surface area contributed by atoms with Gasteiger partial charge in [-0.15, -0.1) is 0 Å². The second-order valence-electron chi connectivity index (χ2n) is 7.87. The van der Waals surface area contributed by atoms with E-state index in [0.29, 0.717) is 29.8 Å². The molecule has 1 fully saturated rings. The third-order valence-corrected chi connectivity index (χ3v) is 8.33. The molecule has 1 saturated heterocycles. The maximum absolute atomic E-state index is 14.2. The number of alkyl halides is 3. The van der Waals surface area contributed by atoms with E-state index in [4.69, 9.17) is 16.3 Å². The van der Waals surface area contributed by atoms with Gasteiger partial charge >= 0.3 is 6.18 Å². The van der Waals surface area contributed by atoms with Gasteiger partial charge in [-0.1, -0.05) is 48.7 Å². The molecule has 164 valence electrons. The fraction of sp³-hybridized carbons (Fsp3) is 0.429. The van der Waals surface area contributed by atoms with Crippen LogP contribution in [0.3, 0.4) is 0 Å². The van der Waals surface area contributed by atoms with Crippen LogP contribution in [0.2, 0.25) is 5.15 Å². The Balaban J connectivity index is 1.41. The lowest BCUT2D eigenvalue weighted by Gasteiger charge is -2.46. The van der Waals surface area contributed by atoms with E-state index < -0.39 is 10.9 Å². The van der Waals surface area contributed by atoms with Crippen molar-refractivity contribution >= 4 is 41.2 Å². The molecule has 4 heterocycles. The number of ether oxygens (including phenoxy) is 1. The van der Waals surface area contributed by atoms with Gasteiger partial charge in [0, 0.05) is 31.5 Å². The zero-order valence-corrected chi connectivity index (χ0v) is 19.0. The number of hydrogen-bond donors (Lipinski definition) is 0. The molecule has 31 heavy (non-hydrogen) atoms. The van der Waals surface area contributed by atoms with Crippen molar-refractivity contribution in [2.45, 2.75) is 36.5 Å². The number of aromatic nitrogens is 1. The molecule has 4 nitrogen and oxygen atoms in total. The minimum absolute atomic E-state index is 0.0552. The number of hydrogen-bond acceptors (Lipinski definition) is 6. The molecule has 1 aromatic heterocycles. The maximum Gasteiger partial charge on any atom is 0.409 e. The molecule has 1 aromatic carbocycles. The summed E-state index contributed by atoms with van der Waals surface area (Å²) in [5.74, 6) is 1.02. The van der Waals surface area contributed by atoms with Crippen LogP contribution in [0.5, 0.6) is 0 Å². The van der Waals surface area contributed by atoms with Gasteiger partial charge in [0.15, 0.2) is 4.75 Å². The number of pyridine rings is 1. The molecule has 0 amide bonds. The summed E-state index contributed by atoms with van der Waals surface area (Å²) < 4.78 is 53.0. The maximum atomic E-state index is 14.2. The molecule has 0 radical (unpaired) electrons. The molecule has 5 rings (SSSR count). The summed E-state index contributed by atoms with van der Waals surface area (Å²) in [5, 5.41) is 0.157. The van der Waals surface area contributed by atoms with Crippen LogP contribution in [-0.4, -0.2) is 40.0 Å². The Kier molecular flexibility index (Phi) is 5.33.